The van der Waals surface area contributed by atoms with Crippen molar-refractivity contribution in [2.45, 2.75) is 13.0 Å². The van der Waals surface area contributed by atoms with Crippen LogP contribution in [-0.4, -0.2) is 4.57 Å². The lowest BCUT2D eigenvalue weighted by Crippen LogP contribution is -2.43. The van der Waals surface area contributed by atoms with E-state index in [9.17, 15) is 4.79 Å². The number of para-hydroxylation sites is 1. The van der Waals surface area contributed by atoms with Crippen molar-refractivity contribution in [1.82, 2.24) is 4.57 Å². The Hall–Kier alpha value is -2.13. The Labute approximate surface area is 127 Å². The first-order valence-corrected chi connectivity index (χ1v) is 7.35. The Bertz CT molecular complexity index is 943. The van der Waals surface area contributed by atoms with E-state index in [-0.39, 0.29) is 5.56 Å². The van der Waals surface area contributed by atoms with E-state index in [4.69, 9.17) is 11.6 Å². The van der Waals surface area contributed by atoms with Gasteiger partial charge in [0.15, 0.2) is 0 Å². The second-order valence-electron chi connectivity index (χ2n) is 5.41. The molecule has 104 valence electrons. The van der Waals surface area contributed by atoms with E-state index in [1.165, 1.54) is 5.56 Å². The molecule has 0 aliphatic carbocycles. The number of hydrogen-bond donors (Lipinski definition) is 0. The third kappa shape index (κ3) is 1.74. The monoisotopic (exact) mass is 297 g/mol. The molecular formula is C17H14ClN2O+. The average Bonchev–Trinajstić information content (AvgIpc) is 2.51. The van der Waals surface area contributed by atoms with E-state index in [1.807, 2.05) is 48.0 Å². The molecule has 0 bridgehead atoms. The normalized spacial score (nSPS) is 13.0. The molecule has 0 N–H and O–H groups in total. The molecule has 4 heteroatoms. The molecule has 1 aromatic heterocycles. The van der Waals surface area contributed by atoms with Crippen LogP contribution in [0.3, 0.4) is 0 Å². The third-order valence-electron chi connectivity index (χ3n) is 4.23. The first-order chi connectivity index (χ1) is 10.2. The van der Waals surface area contributed by atoms with Crippen LogP contribution in [0.1, 0.15) is 5.56 Å². The zero-order valence-corrected chi connectivity index (χ0v) is 12.4. The number of hydrogen-bond acceptors (Lipinski definition) is 1. The topological polar surface area (TPSA) is 25.9 Å². The summed E-state index contributed by atoms with van der Waals surface area (Å²) in [6.45, 7) is 0.710. The minimum absolute atomic E-state index is 0.0734. The highest BCUT2D eigenvalue weighted by molar-refractivity contribution is 6.30. The Morgan fingerprint density at radius 2 is 2.00 bits per heavy atom. The fourth-order valence-corrected chi connectivity index (χ4v) is 3.40. The lowest BCUT2D eigenvalue weighted by Gasteiger charge is -2.18. The summed E-state index contributed by atoms with van der Waals surface area (Å²) in [6.07, 6.45) is 0.859. The molecule has 21 heavy (non-hydrogen) atoms. The van der Waals surface area contributed by atoms with Crippen molar-refractivity contribution in [3.8, 4) is 11.4 Å². The van der Waals surface area contributed by atoms with Crippen LogP contribution in [0, 0.1) is 0 Å². The van der Waals surface area contributed by atoms with Crippen molar-refractivity contribution in [2.24, 2.45) is 7.05 Å². The van der Waals surface area contributed by atoms with Crippen LogP contribution in [-0.2, 0) is 20.0 Å². The standard InChI is InChI=1S/C17H14ClN2O/c1-19-15-5-3-2-4-13(15)17(21)20-9-8-11-6-7-12(18)10-14(11)16(19)20/h2-7,10H,8-9H2,1H3/q+1. The van der Waals surface area contributed by atoms with Crippen molar-refractivity contribution in [3.05, 3.63) is 63.4 Å². The number of rotatable bonds is 0. The molecule has 1 aliphatic rings. The molecule has 1 aliphatic heterocycles. The van der Waals surface area contributed by atoms with E-state index in [2.05, 4.69) is 10.6 Å². The predicted molar refractivity (Wildman–Crippen MR) is 83.5 cm³/mol. The molecule has 3 aromatic rings. The molecule has 0 spiro atoms. The number of nitrogens with zero attached hydrogens (tertiary/aromatic N) is 2. The lowest BCUT2D eigenvalue weighted by atomic mass is 9.99. The van der Waals surface area contributed by atoms with Crippen molar-refractivity contribution >= 4 is 22.5 Å². The molecule has 2 aromatic carbocycles. The van der Waals surface area contributed by atoms with Crippen molar-refractivity contribution in [3.63, 3.8) is 0 Å². The fourth-order valence-electron chi connectivity index (χ4n) is 3.22. The zero-order chi connectivity index (χ0) is 14.6. The molecule has 0 unspecified atom stereocenters. The number of halogens is 1. The van der Waals surface area contributed by atoms with E-state index in [0.717, 1.165) is 28.7 Å². The molecule has 3 nitrogen and oxygen atoms in total. The van der Waals surface area contributed by atoms with E-state index in [0.29, 0.717) is 11.6 Å². The predicted octanol–water partition coefficient (Wildman–Crippen LogP) is 2.70. The highest BCUT2D eigenvalue weighted by Gasteiger charge is 2.28. The van der Waals surface area contributed by atoms with Gasteiger partial charge in [0.05, 0.1) is 19.2 Å². The van der Waals surface area contributed by atoms with Gasteiger partial charge in [-0.25, -0.2) is 9.36 Å². The molecule has 0 radical (unpaired) electrons. The van der Waals surface area contributed by atoms with Gasteiger partial charge in [-0.1, -0.05) is 29.8 Å². The van der Waals surface area contributed by atoms with Crippen LogP contribution < -0.4 is 10.1 Å². The summed E-state index contributed by atoms with van der Waals surface area (Å²) in [6, 6.07) is 13.7. The van der Waals surface area contributed by atoms with Gasteiger partial charge in [0.2, 0.25) is 0 Å². The van der Waals surface area contributed by atoms with Crippen LogP contribution in [0.25, 0.3) is 22.3 Å². The molecule has 0 saturated carbocycles. The fraction of sp³-hybridized carbons (Fsp3) is 0.176. The lowest BCUT2D eigenvalue weighted by molar-refractivity contribution is -0.638. The van der Waals surface area contributed by atoms with Crippen molar-refractivity contribution in [2.75, 3.05) is 0 Å². The van der Waals surface area contributed by atoms with Gasteiger partial charge < -0.3 is 0 Å². The first kappa shape index (κ1) is 12.6. The maximum Gasteiger partial charge on any atom is 0.345 e. The summed E-state index contributed by atoms with van der Waals surface area (Å²) in [5.74, 6) is 0.933. The highest BCUT2D eigenvalue weighted by atomic mass is 35.5. The summed E-state index contributed by atoms with van der Waals surface area (Å²) in [5.41, 5.74) is 3.31. The Morgan fingerprint density at radius 3 is 2.86 bits per heavy atom. The summed E-state index contributed by atoms with van der Waals surface area (Å²) in [5, 5.41) is 1.46. The van der Waals surface area contributed by atoms with Gasteiger partial charge in [-0.15, -0.1) is 0 Å². The minimum Gasteiger partial charge on any atom is -0.241 e. The minimum atomic E-state index is 0.0734. The van der Waals surface area contributed by atoms with Gasteiger partial charge in [0.25, 0.3) is 5.82 Å². The van der Waals surface area contributed by atoms with Gasteiger partial charge >= 0.3 is 5.56 Å². The largest absolute Gasteiger partial charge is 0.345 e. The molecule has 2 heterocycles. The van der Waals surface area contributed by atoms with Crippen LogP contribution in [0.2, 0.25) is 5.02 Å². The van der Waals surface area contributed by atoms with Gasteiger partial charge in [0.1, 0.15) is 10.9 Å². The first-order valence-electron chi connectivity index (χ1n) is 6.97. The Kier molecular flexibility index (Phi) is 2.66. The number of aryl methyl sites for hydroxylation is 2. The summed E-state index contributed by atoms with van der Waals surface area (Å²) < 4.78 is 3.95. The quantitative estimate of drug-likeness (QED) is 0.586. The number of aromatic nitrogens is 2. The molecule has 0 atom stereocenters. The third-order valence-corrected chi connectivity index (χ3v) is 4.47. The van der Waals surface area contributed by atoms with Crippen LogP contribution in [0.5, 0.6) is 0 Å². The summed E-state index contributed by atoms with van der Waals surface area (Å²) in [4.78, 5) is 12.7. The van der Waals surface area contributed by atoms with Gasteiger partial charge in [0, 0.05) is 11.4 Å². The second-order valence-corrected chi connectivity index (χ2v) is 5.84. The van der Waals surface area contributed by atoms with Gasteiger partial charge in [-0.05, 0) is 29.8 Å². The Morgan fingerprint density at radius 1 is 1.19 bits per heavy atom. The van der Waals surface area contributed by atoms with E-state index in [1.54, 1.807) is 0 Å². The van der Waals surface area contributed by atoms with E-state index >= 15 is 0 Å². The van der Waals surface area contributed by atoms with Gasteiger partial charge in [-0.2, -0.15) is 4.57 Å². The number of benzene rings is 2. The second kappa shape index (κ2) is 4.43. The smallest absolute Gasteiger partial charge is 0.241 e. The maximum atomic E-state index is 12.7. The van der Waals surface area contributed by atoms with Crippen LogP contribution >= 0.6 is 11.6 Å². The number of fused-ring (bicyclic) bond motifs is 4. The van der Waals surface area contributed by atoms with Crippen molar-refractivity contribution < 1.29 is 4.57 Å². The Balaban J connectivity index is 2.19. The summed E-state index contributed by atoms with van der Waals surface area (Å²) in [7, 11) is 2.00. The van der Waals surface area contributed by atoms with Crippen LogP contribution in [0.4, 0.5) is 0 Å². The average molecular weight is 298 g/mol. The maximum absolute atomic E-state index is 12.7. The highest BCUT2D eigenvalue weighted by Crippen LogP contribution is 2.29. The van der Waals surface area contributed by atoms with Crippen molar-refractivity contribution in [1.29, 1.82) is 0 Å². The summed E-state index contributed by atoms with van der Waals surface area (Å²) >= 11 is 6.16. The molecule has 4 rings (SSSR count). The zero-order valence-electron chi connectivity index (χ0n) is 11.6. The molecular weight excluding hydrogens is 284 g/mol. The molecule has 0 saturated heterocycles. The molecule has 0 amide bonds. The van der Waals surface area contributed by atoms with E-state index < -0.39 is 0 Å². The van der Waals surface area contributed by atoms with Gasteiger partial charge in [-0.3, -0.25) is 0 Å². The van der Waals surface area contributed by atoms with Crippen LogP contribution in [0.15, 0.2) is 47.3 Å². The SMILES string of the molecule is C[n+]1c2n(c(=O)c3ccccc31)CCc1ccc(Cl)cc1-2. The molecule has 0 fully saturated rings.